The maximum Gasteiger partial charge on any atom is 0.335 e. The number of benzene rings is 3. The van der Waals surface area contributed by atoms with Crippen molar-refractivity contribution in [2.45, 2.75) is 40.5 Å². The minimum atomic E-state index is -1.04. The highest BCUT2D eigenvalue weighted by Crippen LogP contribution is 2.33. The number of aromatic carboxylic acids is 1. The quantitative estimate of drug-likeness (QED) is 0.188. The number of Topliss-reactive ketones (excluding diaryl/α,β-unsaturated/α-hetero) is 1. The van der Waals surface area contributed by atoms with E-state index in [0.29, 0.717) is 18.6 Å². The van der Waals surface area contributed by atoms with Crippen LogP contribution in [0.4, 0.5) is 11.4 Å². The molecule has 3 aromatic rings. The first-order chi connectivity index (χ1) is 18.2. The van der Waals surface area contributed by atoms with Gasteiger partial charge in [-0.1, -0.05) is 56.3 Å². The van der Waals surface area contributed by atoms with Crippen molar-refractivity contribution in [3.63, 3.8) is 0 Å². The van der Waals surface area contributed by atoms with Gasteiger partial charge < -0.3 is 21.1 Å². The average Bonchev–Trinajstić information content (AvgIpc) is 2.92. The molecule has 1 amide bonds. The summed E-state index contributed by atoms with van der Waals surface area (Å²) in [6.07, 6.45) is 2.50. The Morgan fingerprint density at radius 1 is 0.868 bits per heavy atom. The first kappa shape index (κ1) is 30.0. The molecular weight excluding hydrogens is 478 g/mol. The van der Waals surface area contributed by atoms with E-state index < -0.39 is 5.97 Å². The minimum Gasteiger partial charge on any atom is -0.478 e. The van der Waals surface area contributed by atoms with Crippen LogP contribution in [0.3, 0.4) is 0 Å². The summed E-state index contributed by atoms with van der Waals surface area (Å²) >= 11 is 0. The molecule has 200 valence electrons. The third kappa shape index (κ3) is 8.42. The average molecular weight is 516 g/mol. The number of hydrogen-bond donors (Lipinski definition) is 4. The number of rotatable bonds is 11. The van der Waals surface area contributed by atoms with Crippen molar-refractivity contribution in [1.29, 1.82) is 0 Å². The summed E-state index contributed by atoms with van der Waals surface area (Å²) in [6.45, 7) is 8.31. The predicted octanol–water partition coefficient (Wildman–Crippen LogP) is 5.87. The Kier molecular flexibility index (Phi) is 11.9. The molecule has 0 aliphatic heterocycles. The summed E-state index contributed by atoms with van der Waals surface area (Å²) in [7, 11) is 1.75. The molecule has 7 heteroatoms. The van der Waals surface area contributed by atoms with Crippen LogP contribution in [-0.4, -0.2) is 36.9 Å². The molecule has 0 bridgehead atoms. The van der Waals surface area contributed by atoms with Crippen molar-refractivity contribution in [3.05, 3.63) is 94.5 Å². The van der Waals surface area contributed by atoms with E-state index >= 15 is 0 Å². The maximum atomic E-state index is 11.4. The summed E-state index contributed by atoms with van der Waals surface area (Å²) in [5, 5.41) is 18.3. The topological polar surface area (TPSA) is 108 Å². The van der Waals surface area contributed by atoms with E-state index in [1.807, 2.05) is 37.3 Å². The van der Waals surface area contributed by atoms with Gasteiger partial charge in [0.15, 0.2) is 0 Å². The SMILES string of the molecule is CCc1ccc(N/C(=C(\C)c2ccc(C(=O)O)cc2NC=O)c2ccccc2)cc1CC.CNCC(C)=O. The molecule has 3 aromatic carbocycles. The highest BCUT2D eigenvalue weighted by atomic mass is 16.4. The molecule has 0 atom stereocenters. The number of likely N-dealkylation sites (N-methyl/N-ethyl adjacent to an activating group) is 1. The highest BCUT2D eigenvalue weighted by molar-refractivity contribution is 6.00. The van der Waals surface area contributed by atoms with Crippen LogP contribution in [-0.2, 0) is 22.4 Å². The van der Waals surface area contributed by atoms with Crippen molar-refractivity contribution < 1.29 is 19.5 Å². The van der Waals surface area contributed by atoms with Crippen LogP contribution in [0.2, 0.25) is 0 Å². The lowest BCUT2D eigenvalue weighted by Crippen LogP contribution is -2.14. The number of carboxylic acid groups (broad SMARTS) is 1. The summed E-state index contributed by atoms with van der Waals surface area (Å²) in [4.78, 5) is 32.6. The standard InChI is InChI=1S/C27H28N2O3.C4H9NO/c1-4-19-11-13-23(15-20(19)5-2)29-26(21-9-7-6-8-10-21)18(3)24-14-12-22(27(31)32)16-25(24)28-17-30;1-4(6)3-5-2/h6-17,29H,4-5H2,1-3H3,(H,28,30)(H,31,32);5H,3H2,1-2H3/b26-18+;. The number of allylic oxidation sites excluding steroid dienone is 1. The smallest absolute Gasteiger partial charge is 0.335 e. The monoisotopic (exact) mass is 515 g/mol. The second-order valence-electron chi connectivity index (χ2n) is 8.74. The molecule has 0 saturated heterocycles. The lowest BCUT2D eigenvalue weighted by molar-refractivity contribution is -0.116. The Morgan fingerprint density at radius 2 is 1.55 bits per heavy atom. The molecule has 4 N–H and O–H groups in total. The van der Waals surface area contributed by atoms with Gasteiger partial charge in [0, 0.05) is 22.6 Å². The molecule has 0 saturated carbocycles. The summed E-state index contributed by atoms with van der Waals surface area (Å²) in [5.41, 5.74) is 7.68. The summed E-state index contributed by atoms with van der Waals surface area (Å²) in [5.74, 6) is -0.867. The third-order valence-corrected chi connectivity index (χ3v) is 5.99. The molecule has 0 radical (unpaired) electrons. The number of aryl methyl sites for hydroxylation is 2. The second-order valence-corrected chi connectivity index (χ2v) is 8.74. The molecule has 0 aliphatic rings. The molecule has 0 spiro atoms. The van der Waals surface area contributed by atoms with Crippen molar-refractivity contribution in [1.82, 2.24) is 5.32 Å². The van der Waals surface area contributed by atoms with Crippen LogP contribution < -0.4 is 16.0 Å². The first-order valence-corrected chi connectivity index (χ1v) is 12.6. The van der Waals surface area contributed by atoms with Crippen LogP contribution >= 0.6 is 0 Å². The van der Waals surface area contributed by atoms with Gasteiger partial charge in [-0.15, -0.1) is 0 Å². The molecule has 7 nitrogen and oxygen atoms in total. The van der Waals surface area contributed by atoms with Gasteiger partial charge in [0.25, 0.3) is 0 Å². The number of ketones is 1. The molecule has 0 heterocycles. The third-order valence-electron chi connectivity index (χ3n) is 5.99. The number of carbonyl (C=O) groups is 3. The fraction of sp³-hybridized carbons (Fsp3) is 0.258. The van der Waals surface area contributed by atoms with E-state index in [0.717, 1.165) is 40.9 Å². The number of nitrogens with one attached hydrogen (secondary N) is 3. The number of carboxylic acids is 1. The Hall–Kier alpha value is -4.23. The number of hydrogen-bond acceptors (Lipinski definition) is 5. The number of anilines is 2. The van der Waals surface area contributed by atoms with Gasteiger partial charge in [0.05, 0.1) is 12.1 Å². The Balaban J connectivity index is 0.000000757. The predicted molar refractivity (Wildman–Crippen MR) is 155 cm³/mol. The normalized spacial score (nSPS) is 11.0. The number of carbonyl (C=O) groups excluding carboxylic acids is 2. The fourth-order valence-corrected chi connectivity index (χ4v) is 4.08. The van der Waals surface area contributed by atoms with E-state index in [-0.39, 0.29) is 11.3 Å². The van der Waals surface area contributed by atoms with E-state index in [4.69, 9.17) is 0 Å². The molecule has 0 aromatic heterocycles. The van der Waals surface area contributed by atoms with E-state index in [1.165, 1.54) is 17.2 Å². The van der Waals surface area contributed by atoms with Crippen LogP contribution in [0.1, 0.15) is 60.3 Å². The van der Waals surface area contributed by atoms with Crippen molar-refractivity contribution in [2.75, 3.05) is 24.2 Å². The minimum absolute atomic E-state index is 0.114. The highest BCUT2D eigenvalue weighted by Gasteiger charge is 2.15. The molecule has 38 heavy (non-hydrogen) atoms. The van der Waals surface area contributed by atoms with Crippen LogP contribution in [0.15, 0.2) is 66.7 Å². The zero-order valence-corrected chi connectivity index (χ0v) is 22.7. The Labute approximate surface area is 225 Å². The second kappa shape index (κ2) is 15.1. The van der Waals surface area contributed by atoms with Crippen molar-refractivity contribution in [2.24, 2.45) is 0 Å². The van der Waals surface area contributed by atoms with Crippen LogP contribution in [0.25, 0.3) is 11.3 Å². The van der Waals surface area contributed by atoms with Crippen LogP contribution in [0.5, 0.6) is 0 Å². The van der Waals surface area contributed by atoms with Crippen LogP contribution in [0, 0.1) is 0 Å². The summed E-state index contributed by atoms with van der Waals surface area (Å²) < 4.78 is 0. The first-order valence-electron chi connectivity index (χ1n) is 12.6. The van der Waals surface area contributed by atoms with Gasteiger partial charge in [-0.2, -0.15) is 0 Å². The Morgan fingerprint density at radius 3 is 2.08 bits per heavy atom. The zero-order chi connectivity index (χ0) is 28.1. The van der Waals surface area contributed by atoms with Gasteiger partial charge in [0.2, 0.25) is 6.41 Å². The fourth-order valence-electron chi connectivity index (χ4n) is 4.08. The molecule has 0 aliphatic carbocycles. The van der Waals surface area contributed by atoms with Gasteiger partial charge in [-0.3, -0.25) is 9.59 Å². The summed E-state index contributed by atoms with van der Waals surface area (Å²) in [6, 6.07) is 21.1. The van der Waals surface area contributed by atoms with E-state index in [1.54, 1.807) is 26.1 Å². The zero-order valence-electron chi connectivity index (χ0n) is 22.7. The largest absolute Gasteiger partial charge is 0.478 e. The molecule has 3 rings (SSSR count). The van der Waals surface area contributed by atoms with Crippen molar-refractivity contribution >= 4 is 40.8 Å². The van der Waals surface area contributed by atoms with Gasteiger partial charge in [-0.25, -0.2) is 4.79 Å². The molecular formula is C31H37N3O4. The maximum absolute atomic E-state index is 11.4. The van der Waals surface area contributed by atoms with Gasteiger partial charge in [-0.05, 0) is 80.3 Å². The van der Waals surface area contributed by atoms with Gasteiger partial charge >= 0.3 is 5.97 Å². The van der Waals surface area contributed by atoms with Crippen molar-refractivity contribution in [3.8, 4) is 0 Å². The molecule has 0 fully saturated rings. The lowest BCUT2D eigenvalue weighted by Gasteiger charge is -2.19. The van der Waals surface area contributed by atoms with E-state index in [2.05, 4.69) is 48.0 Å². The lowest BCUT2D eigenvalue weighted by atomic mass is 9.97. The van der Waals surface area contributed by atoms with Gasteiger partial charge in [0.1, 0.15) is 5.78 Å². The molecule has 0 unspecified atom stereocenters. The van der Waals surface area contributed by atoms with E-state index in [9.17, 15) is 19.5 Å². The number of amides is 1. The Bertz CT molecular complexity index is 1280.